The smallest absolute Gasteiger partial charge is 0.352 e. The summed E-state index contributed by atoms with van der Waals surface area (Å²) in [5.41, 5.74) is 4.83. The fourth-order valence-corrected chi connectivity index (χ4v) is 2.70. The number of hydrogen-bond donors (Lipinski definition) is 1. The van der Waals surface area contributed by atoms with Gasteiger partial charge in [-0.3, -0.25) is 0 Å². The Bertz CT molecular complexity index is 864. The Balaban J connectivity index is 2.53. The molecule has 0 aliphatic carbocycles. The predicted octanol–water partition coefficient (Wildman–Crippen LogP) is 5.15. The van der Waals surface area contributed by atoms with E-state index in [4.69, 9.17) is 0 Å². The van der Waals surface area contributed by atoms with E-state index in [2.05, 4.69) is 41.4 Å². The Morgan fingerprint density at radius 1 is 1.20 bits per heavy atom. The van der Waals surface area contributed by atoms with Crippen LogP contribution in [0.5, 0.6) is 0 Å². The summed E-state index contributed by atoms with van der Waals surface area (Å²) in [5.74, 6) is 1.39. The number of rotatable bonds is 3. The Labute approximate surface area is 146 Å². The van der Waals surface area contributed by atoms with Crippen LogP contribution in [0, 0.1) is 24.2 Å². The first-order chi connectivity index (χ1) is 11.7. The van der Waals surface area contributed by atoms with Crippen LogP contribution in [0.2, 0.25) is 19.6 Å². The van der Waals surface area contributed by atoms with Crippen LogP contribution >= 0.6 is 0 Å². The number of hydrogen-bond acceptors (Lipinski definition) is 3. The lowest BCUT2D eigenvalue weighted by Gasteiger charge is -2.14. The van der Waals surface area contributed by atoms with Gasteiger partial charge in [0, 0.05) is 10.1 Å². The van der Waals surface area contributed by atoms with Crippen molar-refractivity contribution in [1.82, 2.24) is 0 Å². The molecule has 0 aromatic heterocycles. The van der Waals surface area contributed by atoms with Gasteiger partial charge in [-0.05, 0) is 36.8 Å². The van der Waals surface area contributed by atoms with Crippen LogP contribution in [0.25, 0.3) is 0 Å². The zero-order chi connectivity index (χ0) is 18.6. The van der Waals surface area contributed by atoms with Crippen molar-refractivity contribution in [3.8, 4) is 11.5 Å². The van der Waals surface area contributed by atoms with E-state index in [-0.39, 0.29) is 16.9 Å². The quantitative estimate of drug-likeness (QED) is 0.608. The summed E-state index contributed by atoms with van der Waals surface area (Å²) in [6, 6.07) is 9.24. The van der Waals surface area contributed by atoms with Crippen molar-refractivity contribution < 1.29 is 18.7 Å². The number of benzene rings is 2. The molecule has 0 aliphatic heterocycles. The van der Waals surface area contributed by atoms with Gasteiger partial charge in [-0.1, -0.05) is 37.7 Å². The molecule has 0 heterocycles. The van der Waals surface area contributed by atoms with Crippen molar-refractivity contribution in [2.24, 2.45) is 0 Å². The van der Waals surface area contributed by atoms with Crippen LogP contribution in [0.3, 0.4) is 0 Å². The van der Waals surface area contributed by atoms with Gasteiger partial charge >= 0.3 is 5.97 Å². The molecule has 2 aromatic rings. The van der Waals surface area contributed by atoms with E-state index in [1.165, 1.54) is 18.2 Å². The van der Waals surface area contributed by atoms with Crippen molar-refractivity contribution in [1.29, 1.82) is 0 Å². The molecule has 6 heteroatoms. The average Bonchev–Trinajstić information content (AvgIpc) is 2.55. The van der Waals surface area contributed by atoms with Gasteiger partial charge < -0.3 is 5.32 Å². The van der Waals surface area contributed by atoms with E-state index >= 15 is 0 Å². The molecule has 0 bridgehead atoms. The molecule has 0 unspecified atom stereocenters. The van der Waals surface area contributed by atoms with Gasteiger partial charge in [0.2, 0.25) is 0 Å². The number of para-hydroxylation sites is 1. The number of halogens is 2. The van der Waals surface area contributed by atoms with Gasteiger partial charge in [0.1, 0.15) is 13.9 Å². The second-order valence-corrected chi connectivity index (χ2v) is 11.4. The maximum Gasteiger partial charge on any atom is 0.381 e. The van der Waals surface area contributed by atoms with Crippen LogP contribution < -0.4 is 5.32 Å². The van der Waals surface area contributed by atoms with Crippen molar-refractivity contribution in [3.63, 3.8) is 0 Å². The van der Waals surface area contributed by atoms with Crippen LogP contribution in [0.15, 0.2) is 36.4 Å². The van der Waals surface area contributed by atoms with Crippen molar-refractivity contribution in [2.45, 2.75) is 26.6 Å². The summed E-state index contributed by atoms with van der Waals surface area (Å²) in [4.78, 5) is 15.2. The third-order valence-corrected chi connectivity index (χ3v) is 4.22. The standard InChI is InChI=1S/C19H19F2NO2Si/c1-13-11-14(9-10-25(2,3)4)12-15(19(23)24-21)18(13)22-17-8-6-5-7-16(17)20/h5-8,11-12,22H,1-4H3. The van der Waals surface area contributed by atoms with E-state index in [9.17, 15) is 13.7 Å². The monoisotopic (exact) mass is 359 g/mol. The number of anilines is 2. The van der Waals surface area contributed by atoms with Gasteiger partial charge in [0.25, 0.3) is 0 Å². The fraction of sp³-hybridized carbons (Fsp3) is 0.211. The Morgan fingerprint density at radius 3 is 2.48 bits per heavy atom. The molecule has 0 aliphatic rings. The van der Waals surface area contributed by atoms with Crippen molar-refractivity contribution in [2.75, 3.05) is 5.32 Å². The topological polar surface area (TPSA) is 38.3 Å². The minimum absolute atomic E-state index is 0.0365. The highest BCUT2D eigenvalue weighted by molar-refractivity contribution is 6.83. The molecule has 0 radical (unpaired) electrons. The van der Waals surface area contributed by atoms with Crippen molar-refractivity contribution >= 4 is 25.4 Å². The SMILES string of the molecule is Cc1cc(C#C[Si](C)(C)C)cc(C(=O)OF)c1Nc1ccccc1F. The van der Waals surface area contributed by atoms with Gasteiger partial charge in [-0.25, -0.2) is 14.1 Å². The zero-order valence-electron chi connectivity index (χ0n) is 14.5. The van der Waals surface area contributed by atoms with E-state index in [0.717, 1.165) is 0 Å². The Hall–Kier alpha value is -2.65. The molecular weight excluding hydrogens is 340 g/mol. The first-order valence-electron chi connectivity index (χ1n) is 7.73. The van der Waals surface area contributed by atoms with Crippen LogP contribution in [-0.2, 0) is 4.94 Å². The van der Waals surface area contributed by atoms with Crippen LogP contribution in [0.4, 0.5) is 20.3 Å². The lowest BCUT2D eigenvalue weighted by atomic mass is 10.0. The van der Waals surface area contributed by atoms with Gasteiger partial charge in [0.15, 0.2) is 0 Å². The molecular formula is C19H19F2NO2Si. The molecule has 130 valence electrons. The maximum absolute atomic E-state index is 13.9. The van der Waals surface area contributed by atoms with Crippen LogP contribution in [-0.4, -0.2) is 14.0 Å². The van der Waals surface area contributed by atoms with Gasteiger partial charge in [0.05, 0.1) is 16.9 Å². The highest BCUT2D eigenvalue weighted by Gasteiger charge is 2.18. The molecule has 0 saturated carbocycles. The number of nitrogens with one attached hydrogen (secondary N) is 1. The maximum atomic E-state index is 13.9. The zero-order valence-corrected chi connectivity index (χ0v) is 15.5. The fourth-order valence-electron chi connectivity index (χ4n) is 2.18. The molecule has 0 atom stereocenters. The lowest BCUT2D eigenvalue weighted by molar-refractivity contribution is -0.0787. The molecule has 0 fully saturated rings. The minimum Gasteiger partial charge on any atom is -0.352 e. The van der Waals surface area contributed by atoms with E-state index in [1.807, 2.05) is 0 Å². The lowest BCUT2D eigenvalue weighted by Crippen LogP contribution is -2.16. The third-order valence-electron chi connectivity index (χ3n) is 3.34. The Kier molecular flexibility index (Phi) is 5.60. The molecule has 3 nitrogen and oxygen atoms in total. The molecule has 1 N–H and O–H groups in total. The second-order valence-electron chi connectivity index (χ2n) is 6.69. The summed E-state index contributed by atoms with van der Waals surface area (Å²) < 4.78 is 26.4. The summed E-state index contributed by atoms with van der Waals surface area (Å²) in [7, 11) is -1.61. The number of carbonyl (C=O) groups excluding carboxylic acids is 1. The molecule has 25 heavy (non-hydrogen) atoms. The largest absolute Gasteiger partial charge is 0.381 e. The second kappa shape index (κ2) is 7.49. The highest BCUT2D eigenvalue weighted by atomic mass is 28.3. The van der Waals surface area contributed by atoms with E-state index < -0.39 is 19.9 Å². The molecule has 0 amide bonds. The summed E-state index contributed by atoms with van der Waals surface area (Å²) in [5, 5.41) is 2.84. The molecule has 2 aromatic carbocycles. The summed E-state index contributed by atoms with van der Waals surface area (Å²) in [6.07, 6.45) is 0. The van der Waals surface area contributed by atoms with Crippen molar-refractivity contribution in [3.05, 3.63) is 58.9 Å². The highest BCUT2D eigenvalue weighted by Crippen LogP contribution is 2.28. The molecule has 2 rings (SSSR count). The molecule has 0 saturated heterocycles. The van der Waals surface area contributed by atoms with Gasteiger partial charge in [-0.2, -0.15) is 0 Å². The molecule has 0 spiro atoms. The number of carbonyl (C=O) groups is 1. The van der Waals surface area contributed by atoms with Gasteiger partial charge in [-0.15, -0.1) is 5.54 Å². The van der Waals surface area contributed by atoms with E-state index in [0.29, 0.717) is 11.1 Å². The summed E-state index contributed by atoms with van der Waals surface area (Å²) >= 11 is 0. The first kappa shape index (κ1) is 18.7. The summed E-state index contributed by atoms with van der Waals surface area (Å²) in [6.45, 7) is 8.02. The van der Waals surface area contributed by atoms with Crippen LogP contribution in [0.1, 0.15) is 21.5 Å². The third kappa shape index (κ3) is 4.91. The normalized spacial score (nSPS) is 10.6. The average molecular weight is 359 g/mol. The first-order valence-corrected chi connectivity index (χ1v) is 11.2. The number of aryl methyl sites for hydroxylation is 1. The Morgan fingerprint density at radius 2 is 1.88 bits per heavy atom. The predicted molar refractivity (Wildman–Crippen MR) is 97.6 cm³/mol. The van der Waals surface area contributed by atoms with E-state index in [1.54, 1.807) is 25.1 Å². The minimum atomic E-state index is -1.61.